The molecule has 1 atom stereocenters. The minimum absolute atomic E-state index is 0.0126. The van der Waals surface area contributed by atoms with Gasteiger partial charge in [0.05, 0.1) is 31.0 Å². The summed E-state index contributed by atoms with van der Waals surface area (Å²) in [6.45, 7) is 4.95. The van der Waals surface area contributed by atoms with E-state index in [1.807, 2.05) is 17.7 Å². The lowest BCUT2D eigenvalue weighted by molar-refractivity contribution is -0.122. The van der Waals surface area contributed by atoms with Crippen LogP contribution in [0.5, 0.6) is 0 Å². The van der Waals surface area contributed by atoms with Crippen LogP contribution in [0.4, 0.5) is 0 Å². The maximum atomic E-state index is 12.9. The van der Waals surface area contributed by atoms with Gasteiger partial charge in [0, 0.05) is 38.1 Å². The Morgan fingerprint density at radius 1 is 1.29 bits per heavy atom. The van der Waals surface area contributed by atoms with Crippen molar-refractivity contribution >= 4 is 11.8 Å². The average molecular weight is 386 g/mol. The molecule has 1 saturated heterocycles. The number of nitrogens with one attached hydrogen (secondary N) is 1. The Hall–Kier alpha value is -2.61. The maximum absolute atomic E-state index is 12.9. The van der Waals surface area contributed by atoms with E-state index in [9.17, 15) is 9.59 Å². The number of ether oxygens (including phenoxy) is 1. The summed E-state index contributed by atoms with van der Waals surface area (Å²) in [5.41, 5.74) is 1.74. The van der Waals surface area contributed by atoms with Crippen LogP contribution in [0.1, 0.15) is 47.1 Å². The summed E-state index contributed by atoms with van der Waals surface area (Å²) in [5, 5.41) is 7.42. The van der Waals surface area contributed by atoms with Gasteiger partial charge < -0.3 is 19.4 Å². The molecule has 150 valence electrons. The SMILES string of the molecule is Cc1ccoc1C(=O)N1Cc2ccnn2C(CC(=O)NCC2CCOCC2)C1. The van der Waals surface area contributed by atoms with Crippen LogP contribution in [0.3, 0.4) is 0 Å². The number of aryl methyl sites for hydroxylation is 1. The Morgan fingerprint density at radius 3 is 2.86 bits per heavy atom. The highest BCUT2D eigenvalue weighted by molar-refractivity contribution is 5.93. The lowest BCUT2D eigenvalue weighted by Crippen LogP contribution is -2.43. The molecule has 4 rings (SSSR count). The number of fused-ring (bicyclic) bond motifs is 1. The van der Waals surface area contributed by atoms with E-state index in [1.54, 1.807) is 17.2 Å². The molecule has 2 aromatic rings. The van der Waals surface area contributed by atoms with Gasteiger partial charge in [0.25, 0.3) is 5.91 Å². The Labute approximate surface area is 163 Å². The van der Waals surface area contributed by atoms with Crippen LogP contribution in [0.15, 0.2) is 29.0 Å². The molecule has 1 N–H and O–H groups in total. The van der Waals surface area contributed by atoms with Gasteiger partial charge in [-0.3, -0.25) is 14.3 Å². The Balaban J connectivity index is 1.40. The summed E-state index contributed by atoms with van der Waals surface area (Å²) in [4.78, 5) is 27.1. The smallest absolute Gasteiger partial charge is 0.290 e. The molecule has 0 aromatic carbocycles. The first kappa shape index (κ1) is 18.7. The van der Waals surface area contributed by atoms with Gasteiger partial charge >= 0.3 is 0 Å². The summed E-state index contributed by atoms with van der Waals surface area (Å²) in [7, 11) is 0. The van der Waals surface area contributed by atoms with Crippen molar-refractivity contribution in [1.29, 1.82) is 0 Å². The molecule has 0 aliphatic carbocycles. The van der Waals surface area contributed by atoms with Gasteiger partial charge in [-0.15, -0.1) is 0 Å². The Morgan fingerprint density at radius 2 is 2.11 bits per heavy atom. The third-order valence-electron chi connectivity index (χ3n) is 5.58. The van der Waals surface area contributed by atoms with Crippen molar-refractivity contribution in [2.24, 2.45) is 5.92 Å². The molecule has 8 heteroatoms. The van der Waals surface area contributed by atoms with E-state index in [2.05, 4.69) is 10.4 Å². The number of carbonyl (C=O) groups is 2. The zero-order valence-electron chi connectivity index (χ0n) is 16.1. The molecule has 8 nitrogen and oxygen atoms in total. The minimum Gasteiger partial charge on any atom is -0.459 e. The Kier molecular flexibility index (Phi) is 5.47. The van der Waals surface area contributed by atoms with Crippen molar-refractivity contribution in [3.8, 4) is 0 Å². The van der Waals surface area contributed by atoms with Gasteiger partial charge in [-0.2, -0.15) is 5.10 Å². The summed E-state index contributed by atoms with van der Waals surface area (Å²) in [6, 6.07) is 3.48. The van der Waals surface area contributed by atoms with E-state index >= 15 is 0 Å². The highest BCUT2D eigenvalue weighted by Crippen LogP contribution is 2.25. The molecule has 4 heterocycles. The third-order valence-corrected chi connectivity index (χ3v) is 5.58. The van der Waals surface area contributed by atoms with Crippen molar-refractivity contribution in [2.45, 2.75) is 38.8 Å². The second-order valence-corrected chi connectivity index (χ2v) is 7.60. The van der Waals surface area contributed by atoms with E-state index in [4.69, 9.17) is 9.15 Å². The summed E-state index contributed by atoms with van der Waals surface area (Å²) < 4.78 is 12.6. The lowest BCUT2D eigenvalue weighted by Gasteiger charge is -2.33. The monoisotopic (exact) mass is 386 g/mol. The van der Waals surface area contributed by atoms with Crippen molar-refractivity contribution in [3.05, 3.63) is 41.6 Å². The van der Waals surface area contributed by atoms with Gasteiger partial charge in [0.15, 0.2) is 5.76 Å². The fourth-order valence-corrected chi connectivity index (χ4v) is 3.92. The minimum atomic E-state index is -0.187. The van der Waals surface area contributed by atoms with Gasteiger partial charge in [-0.05, 0) is 37.8 Å². The number of furan rings is 1. The fourth-order valence-electron chi connectivity index (χ4n) is 3.92. The Bertz CT molecular complexity index is 837. The lowest BCUT2D eigenvalue weighted by atomic mass is 10.0. The zero-order chi connectivity index (χ0) is 19.5. The van der Waals surface area contributed by atoms with Crippen LogP contribution in [0.25, 0.3) is 0 Å². The molecule has 0 radical (unpaired) electrons. The molecule has 1 unspecified atom stereocenters. The second-order valence-electron chi connectivity index (χ2n) is 7.60. The predicted molar refractivity (Wildman–Crippen MR) is 101 cm³/mol. The van der Waals surface area contributed by atoms with Crippen molar-refractivity contribution in [2.75, 3.05) is 26.3 Å². The van der Waals surface area contributed by atoms with Crippen molar-refractivity contribution < 1.29 is 18.7 Å². The van der Waals surface area contributed by atoms with Crippen LogP contribution in [-0.4, -0.2) is 52.8 Å². The van der Waals surface area contributed by atoms with Crippen LogP contribution in [0, 0.1) is 12.8 Å². The molecular weight excluding hydrogens is 360 g/mol. The molecule has 0 spiro atoms. The van der Waals surface area contributed by atoms with Crippen LogP contribution >= 0.6 is 0 Å². The van der Waals surface area contributed by atoms with Crippen LogP contribution < -0.4 is 5.32 Å². The molecule has 28 heavy (non-hydrogen) atoms. The van der Waals surface area contributed by atoms with E-state index in [0.29, 0.717) is 37.7 Å². The molecule has 0 saturated carbocycles. The quantitative estimate of drug-likeness (QED) is 0.848. The number of carbonyl (C=O) groups excluding carboxylic acids is 2. The highest BCUT2D eigenvalue weighted by Gasteiger charge is 2.32. The number of hydrogen-bond acceptors (Lipinski definition) is 5. The van der Waals surface area contributed by atoms with E-state index in [1.165, 1.54) is 6.26 Å². The second kappa shape index (κ2) is 8.18. The molecular formula is C20H26N4O4. The number of amides is 2. The van der Waals surface area contributed by atoms with E-state index in [-0.39, 0.29) is 17.9 Å². The standard InChI is InChI=1S/C20H26N4O4/c1-14-3-9-28-19(14)20(26)23-12-16-2-6-22-24(16)17(13-23)10-18(25)21-11-15-4-7-27-8-5-15/h2-3,6,9,15,17H,4-5,7-8,10-13H2,1H3,(H,21,25). The number of rotatable bonds is 5. The van der Waals surface area contributed by atoms with Gasteiger partial charge in [-0.25, -0.2) is 0 Å². The summed E-state index contributed by atoms with van der Waals surface area (Å²) >= 11 is 0. The normalized spacial score (nSPS) is 20.0. The zero-order valence-corrected chi connectivity index (χ0v) is 16.1. The molecule has 0 bridgehead atoms. The van der Waals surface area contributed by atoms with Crippen LogP contribution in [-0.2, 0) is 16.1 Å². The third kappa shape index (κ3) is 3.96. The fraction of sp³-hybridized carbons (Fsp3) is 0.550. The van der Waals surface area contributed by atoms with E-state index in [0.717, 1.165) is 37.3 Å². The van der Waals surface area contributed by atoms with Crippen molar-refractivity contribution in [1.82, 2.24) is 20.0 Å². The first-order valence-corrected chi connectivity index (χ1v) is 9.82. The predicted octanol–water partition coefficient (Wildman–Crippen LogP) is 1.91. The molecule has 2 amide bonds. The highest BCUT2D eigenvalue weighted by atomic mass is 16.5. The molecule has 2 aromatic heterocycles. The molecule has 1 fully saturated rings. The topological polar surface area (TPSA) is 89.6 Å². The van der Waals surface area contributed by atoms with Gasteiger partial charge in [0.2, 0.25) is 5.91 Å². The van der Waals surface area contributed by atoms with Crippen molar-refractivity contribution in [3.63, 3.8) is 0 Å². The average Bonchev–Trinajstić information content (AvgIpc) is 3.35. The summed E-state index contributed by atoms with van der Waals surface area (Å²) in [6.07, 6.45) is 5.50. The first-order chi connectivity index (χ1) is 13.6. The van der Waals surface area contributed by atoms with Crippen LogP contribution in [0.2, 0.25) is 0 Å². The largest absolute Gasteiger partial charge is 0.459 e. The van der Waals surface area contributed by atoms with Gasteiger partial charge in [0.1, 0.15) is 0 Å². The van der Waals surface area contributed by atoms with E-state index < -0.39 is 0 Å². The first-order valence-electron chi connectivity index (χ1n) is 9.82. The number of hydrogen-bond donors (Lipinski definition) is 1. The molecule has 2 aliphatic rings. The number of nitrogens with zero attached hydrogens (tertiary/aromatic N) is 3. The molecule has 2 aliphatic heterocycles. The maximum Gasteiger partial charge on any atom is 0.290 e. The summed E-state index contributed by atoms with van der Waals surface area (Å²) in [5.74, 6) is 0.670. The van der Waals surface area contributed by atoms with Gasteiger partial charge in [-0.1, -0.05) is 0 Å². The number of aromatic nitrogens is 2.